The summed E-state index contributed by atoms with van der Waals surface area (Å²) in [4.78, 5) is 0. The van der Waals surface area contributed by atoms with E-state index in [1.807, 2.05) is 37.3 Å². The standard InChI is InChI=1S/C15H23NO3S/c1-13(15-5-3-2-4-6-15)12-20(18,19)16-9-7-14(11-17)8-10-16/h2-6,13-14,17H,7-12H2,1H3. The molecule has 0 saturated carbocycles. The summed E-state index contributed by atoms with van der Waals surface area (Å²) in [7, 11) is -3.21. The molecular formula is C15H23NO3S. The van der Waals surface area contributed by atoms with Crippen LogP contribution in [0.25, 0.3) is 0 Å². The molecule has 1 aliphatic heterocycles. The second-order valence-corrected chi connectivity index (χ2v) is 7.63. The van der Waals surface area contributed by atoms with E-state index in [0.717, 1.165) is 18.4 Å². The van der Waals surface area contributed by atoms with Crippen molar-refractivity contribution in [2.24, 2.45) is 5.92 Å². The molecule has 112 valence electrons. The summed E-state index contributed by atoms with van der Waals surface area (Å²) in [6.45, 7) is 3.19. The normalized spacial score (nSPS) is 19.9. The van der Waals surface area contributed by atoms with Crippen LogP contribution in [0.1, 0.15) is 31.2 Å². The van der Waals surface area contributed by atoms with Gasteiger partial charge in [0.15, 0.2) is 0 Å². The SMILES string of the molecule is CC(CS(=O)(=O)N1CCC(CO)CC1)c1ccccc1. The molecule has 4 nitrogen and oxygen atoms in total. The summed E-state index contributed by atoms with van der Waals surface area (Å²) in [5.41, 5.74) is 1.06. The summed E-state index contributed by atoms with van der Waals surface area (Å²) >= 11 is 0. The largest absolute Gasteiger partial charge is 0.396 e. The minimum Gasteiger partial charge on any atom is -0.396 e. The van der Waals surface area contributed by atoms with Crippen LogP contribution < -0.4 is 0 Å². The van der Waals surface area contributed by atoms with E-state index in [-0.39, 0.29) is 24.2 Å². The Labute approximate surface area is 121 Å². The Morgan fingerprint density at radius 3 is 2.40 bits per heavy atom. The number of aliphatic hydroxyl groups excluding tert-OH is 1. The van der Waals surface area contributed by atoms with Crippen LogP contribution in [0.2, 0.25) is 0 Å². The van der Waals surface area contributed by atoms with Crippen LogP contribution in [-0.2, 0) is 10.0 Å². The van der Waals surface area contributed by atoms with E-state index in [1.165, 1.54) is 0 Å². The van der Waals surface area contributed by atoms with Crippen molar-refractivity contribution < 1.29 is 13.5 Å². The smallest absolute Gasteiger partial charge is 0.214 e. The Kier molecular flexibility index (Phi) is 5.18. The lowest BCUT2D eigenvalue weighted by Gasteiger charge is -2.31. The van der Waals surface area contributed by atoms with Gasteiger partial charge in [0.1, 0.15) is 0 Å². The van der Waals surface area contributed by atoms with Crippen LogP contribution in [0.15, 0.2) is 30.3 Å². The van der Waals surface area contributed by atoms with Gasteiger partial charge in [-0.3, -0.25) is 0 Å². The minimum atomic E-state index is -3.21. The van der Waals surface area contributed by atoms with Crippen molar-refractivity contribution in [1.29, 1.82) is 0 Å². The average Bonchev–Trinajstić information content (AvgIpc) is 2.48. The van der Waals surface area contributed by atoms with Crippen molar-refractivity contribution in [3.8, 4) is 0 Å². The molecule has 1 saturated heterocycles. The van der Waals surface area contributed by atoms with Crippen molar-refractivity contribution >= 4 is 10.0 Å². The van der Waals surface area contributed by atoms with Crippen LogP contribution in [0.5, 0.6) is 0 Å². The highest BCUT2D eigenvalue weighted by atomic mass is 32.2. The van der Waals surface area contributed by atoms with Gasteiger partial charge in [-0.2, -0.15) is 0 Å². The van der Waals surface area contributed by atoms with E-state index in [0.29, 0.717) is 13.1 Å². The maximum Gasteiger partial charge on any atom is 0.214 e. The second kappa shape index (κ2) is 6.70. The number of hydrogen-bond donors (Lipinski definition) is 1. The predicted octanol–water partition coefficient (Wildman–Crippen LogP) is 1.82. The van der Waals surface area contributed by atoms with Gasteiger partial charge in [-0.05, 0) is 30.2 Å². The van der Waals surface area contributed by atoms with Crippen molar-refractivity contribution in [1.82, 2.24) is 4.31 Å². The third-order valence-electron chi connectivity index (χ3n) is 4.05. The zero-order valence-electron chi connectivity index (χ0n) is 11.9. The summed E-state index contributed by atoms with van der Waals surface area (Å²) in [6.07, 6.45) is 1.52. The van der Waals surface area contributed by atoms with Crippen molar-refractivity contribution in [3.63, 3.8) is 0 Å². The fraction of sp³-hybridized carbons (Fsp3) is 0.600. The number of benzene rings is 1. The molecule has 0 bridgehead atoms. The highest BCUT2D eigenvalue weighted by Crippen LogP contribution is 2.23. The Hall–Kier alpha value is -0.910. The molecule has 2 rings (SSSR count). The molecule has 1 fully saturated rings. The van der Waals surface area contributed by atoms with Gasteiger partial charge in [0.2, 0.25) is 10.0 Å². The molecule has 0 amide bonds. The summed E-state index contributed by atoms with van der Waals surface area (Å²) < 4.78 is 26.4. The summed E-state index contributed by atoms with van der Waals surface area (Å²) in [5, 5.41) is 9.11. The highest BCUT2D eigenvalue weighted by molar-refractivity contribution is 7.89. The van der Waals surface area contributed by atoms with E-state index in [9.17, 15) is 8.42 Å². The topological polar surface area (TPSA) is 57.6 Å². The van der Waals surface area contributed by atoms with E-state index in [4.69, 9.17) is 5.11 Å². The van der Waals surface area contributed by atoms with Crippen molar-refractivity contribution in [2.75, 3.05) is 25.4 Å². The van der Waals surface area contributed by atoms with Crippen molar-refractivity contribution in [3.05, 3.63) is 35.9 Å². The monoisotopic (exact) mass is 297 g/mol. The van der Waals surface area contributed by atoms with Gasteiger partial charge in [-0.1, -0.05) is 37.3 Å². The molecule has 0 aliphatic carbocycles. The van der Waals surface area contributed by atoms with Crippen molar-refractivity contribution in [2.45, 2.75) is 25.7 Å². The molecule has 1 N–H and O–H groups in total. The van der Waals surface area contributed by atoms with E-state index >= 15 is 0 Å². The van der Waals surface area contributed by atoms with Gasteiger partial charge in [0.25, 0.3) is 0 Å². The zero-order valence-corrected chi connectivity index (χ0v) is 12.7. The summed E-state index contributed by atoms with van der Waals surface area (Å²) in [6, 6.07) is 9.75. The predicted molar refractivity (Wildman–Crippen MR) is 80.0 cm³/mol. The first-order valence-corrected chi connectivity index (χ1v) is 8.77. The number of aliphatic hydroxyl groups is 1. The van der Waals surface area contributed by atoms with Crippen LogP contribution in [-0.4, -0.2) is 43.3 Å². The van der Waals surface area contributed by atoms with Gasteiger partial charge in [-0.15, -0.1) is 0 Å². The first-order chi connectivity index (χ1) is 9.53. The lowest BCUT2D eigenvalue weighted by molar-refractivity contribution is 0.170. The fourth-order valence-corrected chi connectivity index (χ4v) is 4.47. The molecule has 1 heterocycles. The molecule has 1 atom stereocenters. The third-order valence-corrected chi connectivity index (χ3v) is 6.13. The number of piperidine rings is 1. The van der Waals surface area contributed by atoms with Crippen LogP contribution in [0.3, 0.4) is 0 Å². The maximum absolute atomic E-state index is 12.4. The van der Waals surface area contributed by atoms with Gasteiger partial charge in [0.05, 0.1) is 5.75 Å². The lowest BCUT2D eigenvalue weighted by Crippen LogP contribution is -2.41. The number of hydrogen-bond acceptors (Lipinski definition) is 3. The molecular weight excluding hydrogens is 274 g/mol. The third kappa shape index (κ3) is 3.81. The van der Waals surface area contributed by atoms with Gasteiger partial charge in [-0.25, -0.2) is 12.7 Å². The van der Waals surface area contributed by atoms with Crippen LogP contribution in [0.4, 0.5) is 0 Å². The molecule has 1 unspecified atom stereocenters. The highest BCUT2D eigenvalue weighted by Gasteiger charge is 2.29. The summed E-state index contributed by atoms with van der Waals surface area (Å²) in [5.74, 6) is 0.408. The average molecular weight is 297 g/mol. The first kappa shape index (κ1) is 15.5. The maximum atomic E-state index is 12.4. The molecule has 1 aliphatic rings. The Balaban J connectivity index is 1.98. The van der Waals surface area contributed by atoms with Gasteiger partial charge < -0.3 is 5.11 Å². The van der Waals surface area contributed by atoms with E-state index in [1.54, 1.807) is 4.31 Å². The van der Waals surface area contributed by atoms with Gasteiger partial charge in [0, 0.05) is 19.7 Å². The quantitative estimate of drug-likeness (QED) is 0.902. The molecule has 0 aromatic heterocycles. The molecule has 1 aromatic rings. The van der Waals surface area contributed by atoms with E-state index in [2.05, 4.69) is 0 Å². The van der Waals surface area contributed by atoms with Gasteiger partial charge >= 0.3 is 0 Å². The zero-order chi connectivity index (χ0) is 14.6. The molecule has 1 aromatic carbocycles. The number of sulfonamides is 1. The van der Waals surface area contributed by atoms with Crippen LogP contribution in [0, 0.1) is 5.92 Å². The first-order valence-electron chi connectivity index (χ1n) is 7.16. The fourth-order valence-electron chi connectivity index (χ4n) is 2.67. The Bertz CT molecular complexity index is 507. The number of rotatable bonds is 5. The lowest BCUT2D eigenvalue weighted by atomic mass is 10.00. The molecule has 5 heteroatoms. The number of nitrogens with zero attached hydrogens (tertiary/aromatic N) is 1. The second-order valence-electron chi connectivity index (χ2n) is 5.62. The minimum absolute atomic E-state index is 0.00300. The Morgan fingerprint density at radius 2 is 1.85 bits per heavy atom. The molecule has 0 radical (unpaired) electrons. The van der Waals surface area contributed by atoms with Crippen LogP contribution >= 0.6 is 0 Å². The molecule has 0 spiro atoms. The Morgan fingerprint density at radius 1 is 1.25 bits per heavy atom. The molecule has 20 heavy (non-hydrogen) atoms. The van der Waals surface area contributed by atoms with E-state index < -0.39 is 10.0 Å².